The lowest BCUT2D eigenvalue weighted by atomic mass is 10.0. The van der Waals surface area contributed by atoms with Gasteiger partial charge >= 0.3 is 0 Å². The zero-order valence-electron chi connectivity index (χ0n) is 25.8. The van der Waals surface area contributed by atoms with Gasteiger partial charge in [0.05, 0.1) is 6.07 Å². The van der Waals surface area contributed by atoms with Gasteiger partial charge in [0.1, 0.15) is 12.3 Å². The maximum Gasteiger partial charge on any atom is 0.298 e. The van der Waals surface area contributed by atoms with Gasteiger partial charge in [-0.25, -0.2) is 0 Å². The van der Waals surface area contributed by atoms with Crippen LogP contribution < -0.4 is 10.1 Å². The van der Waals surface area contributed by atoms with E-state index in [4.69, 9.17) is 14.7 Å². The molecule has 0 saturated carbocycles. The average Bonchev–Trinajstić information content (AvgIpc) is 2.97. The summed E-state index contributed by atoms with van der Waals surface area (Å²) in [5.74, 6) is 0.607. The minimum Gasteiger partial charge on any atom is -0.428 e. The number of carbonyl (C=O) groups excluding carboxylic acids is 2. The number of amides is 1. The standard InChI is InChI=1S/C15H14O2.C9H20O.C4H10.C3H4N2O.C2H6/c1-11-3-5-13(6-4-11)14-7-8-15(17-10-16)12(2)9-14;1-3-5-6-7-9-10-8-4-2;1-3-4-2;4-1-2-5-3-6;1-2/h3-10H,1-2H3;3-9H2,1-2H3;3-4H2,1-2H3;3H,2H2,(H,5,6);1-2H3. The van der Waals surface area contributed by atoms with Crippen LogP contribution in [0.4, 0.5) is 0 Å². The zero-order valence-corrected chi connectivity index (χ0v) is 25.8. The van der Waals surface area contributed by atoms with Gasteiger partial charge in [-0.3, -0.25) is 9.59 Å². The molecule has 0 aromatic heterocycles. The van der Waals surface area contributed by atoms with Gasteiger partial charge in [0.15, 0.2) is 0 Å². The smallest absolute Gasteiger partial charge is 0.298 e. The normalized spacial score (nSPS) is 8.79. The van der Waals surface area contributed by atoms with E-state index in [0.717, 1.165) is 36.3 Å². The first-order valence-corrected chi connectivity index (χ1v) is 14.3. The minimum atomic E-state index is 0.101. The number of aryl methyl sites for hydroxylation is 2. The topological polar surface area (TPSA) is 88.4 Å². The van der Waals surface area contributed by atoms with Gasteiger partial charge in [-0.05, 0) is 55.5 Å². The molecule has 6 heteroatoms. The Morgan fingerprint density at radius 2 is 1.41 bits per heavy atom. The number of benzene rings is 2. The summed E-state index contributed by atoms with van der Waals surface area (Å²) in [5, 5.41) is 9.88. The SMILES string of the molecule is CC.CCCC.CCCCCCOCCC.Cc1ccc(-c2ccc(OC=O)c(C)c2)cc1.N#CCNC=O. The van der Waals surface area contributed by atoms with Gasteiger partial charge in [0, 0.05) is 13.2 Å². The molecule has 6 nitrogen and oxygen atoms in total. The molecule has 1 N–H and O–H groups in total. The molecule has 0 saturated heterocycles. The Bertz CT molecular complexity index is 836. The number of ether oxygens (including phenoxy) is 2. The van der Waals surface area contributed by atoms with E-state index in [-0.39, 0.29) is 6.54 Å². The monoisotopic (exact) mass is 542 g/mol. The van der Waals surface area contributed by atoms with Crippen molar-refractivity contribution in [3.8, 4) is 22.9 Å². The van der Waals surface area contributed by atoms with Gasteiger partial charge in [-0.15, -0.1) is 0 Å². The Labute approximate surface area is 239 Å². The molecule has 0 heterocycles. The third-order valence-corrected chi connectivity index (χ3v) is 4.99. The highest BCUT2D eigenvalue weighted by Crippen LogP contribution is 2.26. The van der Waals surface area contributed by atoms with Crippen LogP contribution in [0.2, 0.25) is 0 Å². The van der Waals surface area contributed by atoms with E-state index in [1.165, 1.54) is 44.1 Å². The van der Waals surface area contributed by atoms with Crippen molar-refractivity contribution in [2.24, 2.45) is 0 Å². The molecule has 0 aliphatic heterocycles. The number of rotatable bonds is 13. The van der Waals surface area contributed by atoms with Crippen molar-refractivity contribution in [1.29, 1.82) is 5.26 Å². The summed E-state index contributed by atoms with van der Waals surface area (Å²) >= 11 is 0. The highest BCUT2D eigenvalue weighted by atomic mass is 16.5. The first-order chi connectivity index (χ1) is 18.9. The Balaban J connectivity index is -0.000000501. The highest BCUT2D eigenvalue weighted by molar-refractivity contribution is 5.66. The van der Waals surface area contributed by atoms with Crippen LogP contribution in [0, 0.1) is 25.2 Å². The van der Waals surface area contributed by atoms with Crippen LogP contribution in [-0.2, 0) is 14.3 Å². The first-order valence-electron chi connectivity index (χ1n) is 14.3. The molecule has 0 aliphatic rings. The lowest BCUT2D eigenvalue weighted by Gasteiger charge is -2.07. The summed E-state index contributed by atoms with van der Waals surface area (Å²) in [5.41, 5.74) is 4.48. The molecule has 0 unspecified atom stereocenters. The predicted molar refractivity (Wildman–Crippen MR) is 165 cm³/mol. The van der Waals surface area contributed by atoms with Crippen molar-refractivity contribution in [3.05, 3.63) is 53.6 Å². The van der Waals surface area contributed by atoms with Gasteiger partial charge in [0.2, 0.25) is 6.41 Å². The van der Waals surface area contributed by atoms with Crippen molar-refractivity contribution in [3.63, 3.8) is 0 Å². The van der Waals surface area contributed by atoms with Crippen LogP contribution in [-0.4, -0.2) is 32.6 Å². The number of carbonyl (C=O) groups is 2. The van der Waals surface area contributed by atoms with Crippen LogP contribution in [0.3, 0.4) is 0 Å². The molecule has 0 bridgehead atoms. The van der Waals surface area contributed by atoms with Crippen molar-refractivity contribution >= 4 is 12.9 Å². The molecular weight excluding hydrogens is 488 g/mol. The van der Waals surface area contributed by atoms with E-state index in [1.807, 2.05) is 39.0 Å². The van der Waals surface area contributed by atoms with E-state index in [0.29, 0.717) is 18.6 Å². The fourth-order valence-electron chi connectivity index (χ4n) is 2.72. The van der Waals surface area contributed by atoms with Crippen LogP contribution in [0.5, 0.6) is 5.75 Å². The van der Waals surface area contributed by atoms with Crippen molar-refractivity contribution < 1.29 is 19.1 Å². The fourth-order valence-corrected chi connectivity index (χ4v) is 2.72. The maximum atomic E-state index is 10.3. The maximum absolute atomic E-state index is 10.3. The Morgan fingerprint density at radius 1 is 0.795 bits per heavy atom. The first kappa shape index (κ1) is 40.3. The van der Waals surface area contributed by atoms with Crippen molar-refractivity contribution in [1.82, 2.24) is 5.32 Å². The molecular formula is C33H54N2O4. The Kier molecular flexibility index (Phi) is 34.0. The molecule has 220 valence electrons. The molecule has 39 heavy (non-hydrogen) atoms. The minimum absolute atomic E-state index is 0.101. The number of hydrogen-bond acceptors (Lipinski definition) is 5. The van der Waals surface area contributed by atoms with E-state index in [2.05, 4.69) is 64.2 Å². The van der Waals surface area contributed by atoms with Crippen LogP contribution in [0.25, 0.3) is 11.1 Å². The second-order valence-electron chi connectivity index (χ2n) is 8.39. The lowest BCUT2D eigenvalue weighted by Crippen LogP contribution is -2.09. The quantitative estimate of drug-likeness (QED) is 0.155. The molecule has 2 rings (SSSR count). The molecule has 0 spiro atoms. The van der Waals surface area contributed by atoms with Crippen LogP contribution >= 0.6 is 0 Å². The molecule has 0 atom stereocenters. The molecule has 2 aromatic rings. The molecule has 2 aromatic carbocycles. The summed E-state index contributed by atoms with van der Waals surface area (Å²) in [4.78, 5) is 19.6. The number of hydrogen-bond donors (Lipinski definition) is 1. The van der Waals surface area contributed by atoms with Gasteiger partial charge in [0.25, 0.3) is 6.47 Å². The summed E-state index contributed by atoms with van der Waals surface area (Å²) in [7, 11) is 0. The van der Waals surface area contributed by atoms with Gasteiger partial charge in [-0.1, -0.05) is 110 Å². The highest BCUT2D eigenvalue weighted by Gasteiger charge is 2.02. The van der Waals surface area contributed by atoms with Crippen LogP contribution in [0.1, 0.15) is 97.6 Å². The summed E-state index contributed by atoms with van der Waals surface area (Å²) in [6, 6.07) is 15.9. The predicted octanol–water partition coefficient (Wildman–Crippen LogP) is 8.59. The Hall–Kier alpha value is -3.17. The van der Waals surface area contributed by atoms with E-state index < -0.39 is 0 Å². The summed E-state index contributed by atoms with van der Waals surface area (Å²) in [6.07, 6.45) is 9.52. The average molecular weight is 543 g/mol. The Morgan fingerprint density at radius 3 is 1.85 bits per heavy atom. The number of unbranched alkanes of at least 4 members (excludes halogenated alkanes) is 4. The molecule has 0 aliphatic carbocycles. The summed E-state index contributed by atoms with van der Waals surface area (Å²) < 4.78 is 10.2. The molecule has 0 radical (unpaired) electrons. The third kappa shape index (κ3) is 26.2. The second kappa shape index (κ2) is 32.9. The number of nitrogens with zero attached hydrogens (tertiary/aromatic N) is 1. The molecule has 1 amide bonds. The largest absolute Gasteiger partial charge is 0.428 e. The zero-order chi connectivity index (χ0) is 30.2. The van der Waals surface area contributed by atoms with Gasteiger partial charge < -0.3 is 14.8 Å². The van der Waals surface area contributed by atoms with E-state index >= 15 is 0 Å². The van der Waals surface area contributed by atoms with Gasteiger partial charge in [-0.2, -0.15) is 5.26 Å². The number of nitriles is 1. The number of nitrogens with one attached hydrogen (secondary N) is 1. The van der Waals surface area contributed by atoms with E-state index in [9.17, 15) is 9.59 Å². The lowest BCUT2D eigenvalue weighted by molar-refractivity contribution is -0.120. The van der Waals surface area contributed by atoms with Crippen LogP contribution in [0.15, 0.2) is 42.5 Å². The van der Waals surface area contributed by atoms with Crippen molar-refractivity contribution in [2.45, 2.75) is 100 Å². The third-order valence-electron chi connectivity index (χ3n) is 4.99. The molecule has 0 fully saturated rings. The van der Waals surface area contributed by atoms with E-state index in [1.54, 1.807) is 6.07 Å². The van der Waals surface area contributed by atoms with Crippen molar-refractivity contribution in [2.75, 3.05) is 19.8 Å². The summed E-state index contributed by atoms with van der Waals surface area (Å²) in [6.45, 7) is 19.2. The second-order valence-corrected chi connectivity index (χ2v) is 8.39. The fraction of sp³-hybridized carbons (Fsp3) is 0.545.